The van der Waals surface area contributed by atoms with Gasteiger partial charge in [0.15, 0.2) is 5.65 Å². The zero-order chi connectivity index (χ0) is 23.7. The van der Waals surface area contributed by atoms with E-state index in [-0.39, 0.29) is 28.9 Å². The second-order valence-corrected chi connectivity index (χ2v) is 9.25. The van der Waals surface area contributed by atoms with Crippen molar-refractivity contribution in [2.24, 2.45) is 11.7 Å². The van der Waals surface area contributed by atoms with Gasteiger partial charge in [-0.05, 0) is 50.7 Å². The number of hydrogen-bond acceptors (Lipinski definition) is 7. The number of hydrogen-bond donors (Lipinski definition) is 3. The first kappa shape index (κ1) is 22.8. The smallest absolute Gasteiger partial charge is 0.224 e. The number of ether oxygens (including phenoxy) is 1. The third kappa shape index (κ3) is 4.65. The Balaban J connectivity index is 1.51. The zero-order valence-electron chi connectivity index (χ0n) is 18.6. The number of amides is 1. The van der Waals surface area contributed by atoms with Crippen molar-refractivity contribution in [2.75, 3.05) is 23.8 Å². The van der Waals surface area contributed by atoms with E-state index < -0.39 is 5.82 Å². The second-order valence-electron chi connectivity index (χ2n) is 8.87. The molecule has 1 saturated carbocycles. The third-order valence-corrected chi connectivity index (χ3v) is 7.03. The molecule has 0 radical (unpaired) electrons. The van der Waals surface area contributed by atoms with Crippen molar-refractivity contribution < 1.29 is 13.9 Å². The van der Waals surface area contributed by atoms with Crippen LogP contribution in [-0.2, 0) is 9.53 Å². The molecule has 2 fully saturated rings. The Labute approximate surface area is 201 Å². The summed E-state index contributed by atoms with van der Waals surface area (Å²) in [6.45, 7) is 1.42. The molecule has 0 atom stereocenters. The van der Waals surface area contributed by atoms with E-state index in [0.29, 0.717) is 54.8 Å². The van der Waals surface area contributed by atoms with Crippen LogP contribution in [0.2, 0.25) is 5.02 Å². The molecular formula is C23H27ClFN7O2. The molecule has 3 aromatic rings. The van der Waals surface area contributed by atoms with E-state index in [9.17, 15) is 9.18 Å². The average Bonchev–Trinajstić information content (AvgIpc) is 3.20. The molecule has 1 aliphatic carbocycles. The van der Waals surface area contributed by atoms with E-state index in [1.165, 1.54) is 6.07 Å². The molecule has 9 nitrogen and oxygen atoms in total. The van der Waals surface area contributed by atoms with Crippen LogP contribution in [0.3, 0.4) is 0 Å². The van der Waals surface area contributed by atoms with Crippen LogP contribution >= 0.6 is 11.6 Å². The molecule has 4 N–H and O–H groups in total. The van der Waals surface area contributed by atoms with Crippen molar-refractivity contribution in [1.29, 1.82) is 0 Å². The average molecular weight is 488 g/mol. The van der Waals surface area contributed by atoms with Gasteiger partial charge in [-0.2, -0.15) is 4.98 Å². The summed E-state index contributed by atoms with van der Waals surface area (Å²) < 4.78 is 21.5. The molecule has 0 bridgehead atoms. The van der Waals surface area contributed by atoms with E-state index in [1.807, 2.05) is 4.57 Å². The number of fused-ring (bicyclic) bond motifs is 1. The molecule has 1 aromatic carbocycles. The van der Waals surface area contributed by atoms with Crippen molar-refractivity contribution in [3.63, 3.8) is 0 Å². The van der Waals surface area contributed by atoms with Crippen LogP contribution < -0.4 is 16.4 Å². The van der Waals surface area contributed by atoms with Gasteiger partial charge in [0.1, 0.15) is 11.3 Å². The minimum absolute atomic E-state index is 0.00787. The largest absolute Gasteiger partial charge is 0.381 e. The Morgan fingerprint density at radius 3 is 2.65 bits per heavy atom. The van der Waals surface area contributed by atoms with Crippen molar-refractivity contribution >= 4 is 46.3 Å². The topological polar surface area (TPSA) is 120 Å². The standard InChI is InChI=1S/C23H27ClFN7O2/c24-19-16(25)2-1-3-17(19)29-23-30-18-12-27-22(28-14-8-10-34-11-9-14)31-21(18)32(23)15-6-4-13(5-7-15)20(26)33/h1-3,12-15H,4-11H2,(H2,26,33)(H,29,30)(H,27,28,31)/t13-,15+. The molecule has 1 amide bonds. The Kier molecular flexibility index (Phi) is 6.51. The van der Waals surface area contributed by atoms with E-state index in [4.69, 9.17) is 32.0 Å². The highest BCUT2D eigenvalue weighted by Gasteiger charge is 2.29. The SMILES string of the molecule is NC(=O)[C@H]1CC[C@@H](n2c(Nc3cccc(F)c3Cl)nc3cnc(NC4CCOCC4)nc32)CC1. The molecule has 2 aliphatic rings. The summed E-state index contributed by atoms with van der Waals surface area (Å²) >= 11 is 6.19. The number of nitrogens with one attached hydrogen (secondary N) is 2. The second kappa shape index (κ2) is 9.71. The lowest BCUT2D eigenvalue weighted by Crippen LogP contribution is -2.29. The van der Waals surface area contributed by atoms with E-state index in [1.54, 1.807) is 18.3 Å². The van der Waals surface area contributed by atoms with Crippen LogP contribution in [0.1, 0.15) is 44.6 Å². The zero-order valence-corrected chi connectivity index (χ0v) is 19.4. The van der Waals surface area contributed by atoms with Gasteiger partial charge in [0, 0.05) is 31.2 Å². The highest BCUT2D eigenvalue weighted by atomic mass is 35.5. The molecule has 0 unspecified atom stereocenters. The van der Waals surface area contributed by atoms with Gasteiger partial charge in [-0.25, -0.2) is 14.4 Å². The summed E-state index contributed by atoms with van der Waals surface area (Å²) in [6.07, 6.45) is 6.35. The summed E-state index contributed by atoms with van der Waals surface area (Å²) in [5.74, 6) is 0.132. The van der Waals surface area contributed by atoms with E-state index in [0.717, 1.165) is 25.7 Å². The molecule has 1 aliphatic heterocycles. The molecular weight excluding hydrogens is 461 g/mol. The lowest BCUT2D eigenvalue weighted by Gasteiger charge is -2.29. The minimum Gasteiger partial charge on any atom is -0.381 e. The molecule has 5 rings (SSSR count). The number of benzene rings is 1. The number of nitrogens with zero attached hydrogens (tertiary/aromatic N) is 4. The molecule has 34 heavy (non-hydrogen) atoms. The third-order valence-electron chi connectivity index (χ3n) is 6.65. The molecule has 3 heterocycles. The number of rotatable bonds is 6. The van der Waals surface area contributed by atoms with Gasteiger partial charge in [-0.15, -0.1) is 0 Å². The predicted octanol–water partition coefficient (Wildman–Crippen LogP) is 4.17. The number of halogens is 2. The maximum atomic E-state index is 14.1. The number of nitrogens with two attached hydrogens (primary N) is 1. The van der Waals surface area contributed by atoms with E-state index in [2.05, 4.69) is 15.6 Å². The lowest BCUT2D eigenvalue weighted by atomic mass is 9.85. The fourth-order valence-electron chi connectivity index (χ4n) is 4.76. The van der Waals surface area contributed by atoms with Gasteiger partial charge in [0.05, 0.1) is 16.9 Å². The van der Waals surface area contributed by atoms with Crippen molar-refractivity contribution in [3.8, 4) is 0 Å². The van der Waals surface area contributed by atoms with Crippen LogP contribution in [0.5, 0.6) is 0 Å². The summed E-state index contributed by atoms with van der Waals surface area (Å²) in [5.41, 5.74) is 7.23. The molecule has 180 valence electrons. The van der Waals surface area contributed by atoms with Crippen molar-refractivity contribution in [2.45, 2.75) is 50.6 Å². The van der Waals surface area contributed by atoms with E-state index >= 15 is 0 Å². The molecule has 1 saturated heterocycles. The summed E-state index contributed by atoms with van der Waals surface area (Å²) in [7, 11) is 0. The number of anilines is 3. The van der Waals surface area contributed by atoms with Gasteiger partial charge in [0.2, 0.25) is 17.8 Å². The predicted molar refractivity (Wildman–Crippen MR) is 128 cm³/mol. The summed E-state index contributed by atoms with van der Waals surface area (Å²) in [6, 6.07) is 4.88. The number of carbonyl (C=O) groups is 1. The monoisotopic (exact) mass is 487 g/mol. The number of primary amides is 1. The summed E-state index contributed by atoms with van der Waals surface area (Å²) in [4.78, 5) is 25.6. The number of imidazole rings is 1. The van der Waals surface area contributed by atoms with Gasteiger partial charge in [0.25, 0.3) is 0 Å². The van der Waals surface area contributed by atoms with Crippen LogP contribution in [0.15, 0.2) is 24.4 Å². The molecule has 11 heteroatoms. The maximum absolute atomic E-state index is 14.1. The van der Waals surface area contributed by atoms with Crippen molar-refractivity contribution in [3.05, 3.63) is 35.2 Å². The number of carbonyl (C=O) groups excluding carboxylic acids is 1. The fourth-order valence-corrected chi connectivity index (χ4v) is 4.93. The maximum Gasteiger partial charge on any atom is 0.224 e. The normalized spacial score (nSPS) is 21.5. The first-order valence-corrected chi connectivity index (χ1v) is 12.0. The van der Waals surface area contributed by atoms with Gasteiger partial charge < -0.3 is 21.1 Å². The minimum atomic E-state index is -0.515. The van der Waals surface area contributed by atoms with Gasteiger partial charge in [-0.3, -0.25) is 9.36 Å². The summed E-state index contributed by atoms with van der Waals surface area (Å²) in [5, 5.41) is 6.58. The van der Waals surface area contributed by atoms with Crippen LogP contribution in [0.25, 0.3) is 11.2 Å². The van der Waals surface area contributed by atoms with Crippen LogP contribution in [0, 0.1) is 11.7 Å². The molecule has 0 spiro atoms. The first-order valence-electron chi connectivity index (χ1n) is 11.6. The van der Waals surface area contributed by atoms with Crippen LogP contribution in [0.4, 0.5) is 22.0 Å². The Morgan fingerprint density at radius 1 is 1.15 bits per heavy atom. The number of aromatic nitrogens is 4. The van der Waals surface area contributed by atoms with Gasteiger partial charge in [-0.1, -0.05) is 17.7 Å². The van der Waals surface area contributed by atoms with Crippen LogP contribution in [-0.4, -0.2) is 44.7 Å². The lowest BCUT2D eigenvalue weighted by molar-refractivity contribution is -0.122. The first-order chi connectivity index (χ1) is 16.5. The highest BCUT2D eigenvalue weighted by Crippen LogP contribution is 2.38. The Hall–Kier alpha value is -2.98. The van der Waals surface area contributed by atoms with Crippen molar-refractivity contribution in [1.82, 2.24) is 19.5 Å². The molecule has 2 aromatic heterocycles. The highest BCUT2D eigenvalue weighted by molar-refractivity contribution is 6.33. The Morgan fingerprint density at radius 2 is 1.91 bits per heavy atom. The Bertz CT molecular complexity index is 1190. The fraction of sp³-hybridized carbons (Fsp3) is 0.478. The van der Waals surface area contributed by atoms with Gasteiger partial charge >= 0.3 is 0 Å². The quantitative estimate of drug-likeness (QED) is 0.477.